The van der Waals surface area contributed by atoms with Crippen LogP contribution in [0.2, 0.25) is 0 Å². The Morgan fingerprint density at radius 3 is 2.47 bits per heavy atom. The van der Waals surface area contributed by atoms with Crippen LogP contribution in [0.1, 0.15) is 75.6 Å². The zero-order valence-corrected chi connectivity index (χ0v) is 24.2. The Morgan fingerprint density at radius 2 is 1.82 bits per heavy atom. The smallest absolute Gasteiger partial charge is 0.317 e. The summed E-state index contributed by atoms with van der Waals surface area (Å²) in [6, 6.07) is 9.25. The summed E-state index contributed by atoms with van der Waals surface area (Å²) in [6.07, 6.45) is 6.60. The van der Waals surface area contributed by atoms with E-state index in [0.29, 0.717) is 24.5 Å². The fraction of sp³-hybridized carbons (Fsp3) is 0.667. The monoisotopic (exact) mass is 547 g/mol. The number of carbonyl (C=O) groups excluding carboxylic acids is 1. The number of nitrogens with zero attached hydrogens (tertiary/aromatic N) is 5. The van der Waals surface area contributed by atoms with Crippen LogP contribution in [0.5, 0.6) is 0 Å². The van der Waals surface area contributed by atoms with Crippen LogP contribution in [0, 0.1) is 0 Å². The van der Waals surface area contributed by atoms with Crippen molar-refractivity contribution >= 4 is 16.1 Å². The SMILES string of the molecule is CCN(CC)CCCS(=O)(=O)N[C@H](Cc1ccccc1)c1nc(CNC(=O)N(C)C2CCCCC2)n(C)n1. The third-order valence-electron chi connectivity index (χ3n) is 7.41. The number of hydrogen-bond acceptors (Lipinski definition) is 6. The third kappa shape index (κ3) is 9.06. The first-order chi connectivity index (χ1) is 18.2. The molecule has 1 saturated carbocycles. The highest BCUT2D eigenvalue weighted by atomic mass is 32.2. The summed E-state index contributed by atoms with van der Waals surface area (Å²) in [6.45, 7) is 6.90. The summed E-state index contributed by atoms with van der Waals surface area (Å²) in [5.41, 5.74) is 0.986. The minimum Gasteiger partial charge on any atom is -0.331 e. The van der Waals surface area contributed by atoms with Gasteiger partial charge in [-0.15, -0.1) is 0 Å². The molecule has 1 aliphatic carbocycles. The van der Waals surface area contributed by atoms with Crippen molar-refractivity contribution in [3.05, 3.63) is 47.5 Å². The Morgan fingerprint density at radius 1 is 1.13 bits per heavy atom. The van der Waals surface area contributed by atoms with Gasteiger partial charge in [-0.25, -0.2) is 22.9 Å². The van der Waals surface area contributed by atoms with Crippen LogP contribution in [-0.2, 0) is 30.0 Å². The van der Waals surface area contributed by atoms with Crippen molar-refractivity contribution in [1.82, 2.24) is 34.6 Å². The summed E-state index contributed by atoms with van der Waals surface area (Å²) >= 11 is 0. The Labute approximate surface area is 228 Å². The van der Waals surface area contributed by atoms with E-state index in [0.717, 1.165) is 50.9 Å². The molecule has 2 N–H and O–H groups in total. The Kier molecular flexibility index (Phi) is 11.5. The van der Waals surface area contributed by atoms with Crippen LogP contribution < -0.4 is 10.0 Å². The number of urea groups is 1. The predicted molar refractivity (Wildman–Crippen MR) is 150 cm³/mol. The molecular weight excluding hydrogens is 502 g/mol. The lowest BCUT2D eigenvalue weighted by molar-refractivity contribution is 0.173. The molecule has 10 nitrogen and oxygen atoms in total. The number of carbonyl (C=O) groups is 1. The number of hydrogen-bond donors (Lipinski definition) is 2. The number of aryl methyl sites for hydroxylation is 1. The molecule has 0 aliphatic heterocycles. The van der Waals surface area contributed by atoms with Gasteiger partial charge in [0.25, 0.3) is 0 Å². The molecule has 0 spiro atoms. The number of nitrogens with one attached hydrogen (secondary N) is 2. The van der Waals surface area contributed by atoms with Gasteiger partial charge in [0.15, 0.2) is 5.82 Å². The predicted octanol–water partition coefficient (Wildman–Crippen LogP) is 3.22. The van der Waals surface area contributed by atoms with Gasteiger partial charge in [-0.3, -0.25) is 4.68 Å². The third-order valence-corrected chi connectivity index (χ3v) is 8.88. The molecule has 2 aromatic rings. The van der Waals surface area contributed by atoms with Gasteiger partial charge >= 0.3 is 6.03 Å². The Hall–Kier alpha value is -2.50. The van der Waals surface area contributed by atoms with Crippen molar-refractivity contribution in [3.8, 4) is 0 Å². The van der Waals surface area contributed by atoms with Gasteiger partial charge in [0.2, 0.25) is 10.0 Å². The van der Waals surface area contributed by atoms with E-state index in [9.17, 15) is 13.2 Å². The van der Waals surface area contributed by atoms with Crippen LogP contribution in [0.15, 0.2) is 30.3 Å². The van der Waals surface area contributed by atoms with Gasteiger partial charge in [-0.05, 0) is 50.9 Å². The van der Waals surface area contributed by atoms with Gasteiger partial charge in [-0.2, -0.15) is 5.10 Å². The standard InChI is InChI=1S/C27H45N7O3S/c1-5-34(6-2)18-13-19-38(36,37)31-24(20-22-14-9-7-10-15-22)26-29-25(33(4)30-26)21-28-27(35)32(3)23-16-11-8-12-17-23/h7,9-10,14-15,23-24,31H,5-6,8,11-13,16-21H2,1-4H3,(H,28,35)/t24-/m1/s1. The molecule has 1 fully saturated rings. The van der Waals surface area contributed by atoms with Gasteiger partial charge in [0.05, 0.1) is 18.3 Å². The molecule has 0 unspecified atom stereocenters. The van der Waals surface area contributed by atoms with E-state index >= 15 is 0 Å². The second-order valence-corrected chi connectivity index (χ2v) is 12.0. The Bertz CT molecular complexity index is 1100. The number of rotatable bonds is 14. The van der Waals surface area contributed by atoms with Crippen molar-refractivity contribution in [1.29, 1.82) is 0 Å². The maximum absolute atomic E-state index is 13.0. The van der Waals surface area contributed by atoms with Crippen molar-refractivity contribution in [2.45, 2.75) is 77.4 Å². The zero-order chi connectivity index (χ0) is 27.5. The summed E-state index contributed by atoms with van der Waals surface area (Å²) in [4.78, 5) is 21.4. The number of aromatic nitrogens is 3. The molecule has 2 amide bonds. The van der Waals surface area contributed by atoms with Crippen LogP contribution in [0.25, 0.3) is 0 Å². The molecule has 0 radical (unpaired) electrons. The average molecular weight is 548 g/mol. The first-order valence-corrected chi connectivity index (χ1v) is 15.5. The molecule has 11 heteroatoms. The van der Waals surface area contributed by atoms with E-state index in [4.69, 9.17) is 0 Å². The van der Waals surface area contributed by atoms with Gasteiger partial charge in [-0.1, -0.05) is 63.4 Å². The molecule has 1 aliphatic rings. The van der Waals surface area contributed by atoms with Crippen molar-refractivity contribution < 1.29 is 13.2 Å². The molecule has 1 atom stereocenters. The number of sulfonamides is 1. The van der Waals surface area contributed by atoms with Gasteiger partial charge < -0.3 is 15.1 Å². The lowest BCUT2D eigenvalue weighted by atomic mass is 9.95. The average Bonchev–Trinajstić information content (AvgIpc) is 3.30. The van der Waals surface area contributed by atoms with E-state index in [1.165, 1.54) is 6.42 Å². The molecule has 1 aromatic carbocycles. The van der Waals surface area contributed by atoms with Crippen molar-refractivity contribution in [3.63, 3.8) is 0 Å². The summed E-state index contributed by atoms with van der Waals surface area (Å²) in [5, 5.41) is 7.50. The largest absolute Gasteiger partial charge is 0.331 e. The minimum atomic E-state index is -3.56. The van der Waals surface area contributed by atoms with Crippen LogP contribution >= 0.6 is 0 Å². The fourth-order valence-electron chi connectivity index (χ4n) is 4.98. The molecule has 212 valence electrons. The second kappa shape index (κ2) is 14.6. The molecule has 0 bridgehead atoms. The summed E-state index contributed by atoms with van der Waals surface area (Å²) < 4.78 is 30.5. The quantitative estimate of drug-likeness (QED) is 0.376. The fourth-order valence-corrected chi connectivity index (χ4v) is 6.23. The maximum Gasteiger partial charge on any atom is 0.317 e. The van der Waals surface area contributed by atoms with Crippen LogP contribution in [-0.4, -0.2) is 77.5 Å². The summed E-state index contributed by atoms with van der Waals surface area (Å²) in [5.74, 6) is 1.01. The first kappa shape index (κ1) is 30.0. The highest BCUT2D eigenvalue weighted by Gasteiger charge is 2.26. The normalized spacial score (nSPS) is 15.5. The number of benzene rings is 1. The lowest BCUT2D eigenvalue weighted by Crippen LogP contribution is -2.44. The Balaban J connectivity index is 1.68. The van der Waals surface area contributed by atoms with Gasteiger partial charge in [0.1, 0.15) is 5.82 Å². The molecule has 38 heavy (non-hydrogen) atoms. The summed E-state index contributed by atoms with van der Waals surface area (Å²) in [7, 11) is 0.0539. The lowest BCUT2D eigenvalue weighted by Gasteiger charge is -2.31. The van der Waals surface area contributed by atoms with E-state index in [1.54, 1.807) is 16.6 Å². The van der Waals surface area contributed by atoms with Gasteiger partial charge in [0, 0.05) is 20.1 Å². The second-order valence-electron chi connectivity index (χ2n) is 10.1. The van der Waals surface area contributed by atoms with Crippen molar-refractivity contribution in [2.75, 3.05) is 32.4 Å². The highest BCUT2D eigenvalue weighted by Crippen LogP contribution is 2.22. The molecule has 1 heterocycles. The van der Waals surface area contributed by atoms with Crippen LogP contribution in [0.4, 0.5) is 4.79 Å². The van der Waals surface area contributed by atoms with E-state index in [1.807, 2.05) is 37.4 Å². The topological polar surface area (TPSA) is 112 Å². The molecule has 3 rings (SSSR count). The van der Waals surface area contributed by atoms with E-state index in [2.05, 4.69) is 38.9 Å². The van der Waals surface area contributed by atoms with E-state index in [-0.39, 0.29) is 24.4 Å². The van der Waals surface area contributed by atoms with E-state index < -0.39 is 16.1 Å². The number of amides is 2. The molecular formula is C27H45N7O3S. The maximum atomic E-state index is 13.0. The molecule has 0 saturated heterocycles. The zero-order valence-electron chi connectivity index (χ0n) is 23.4. The first-order valence-electron chi connectivity index (χ1n) is 13.9. The van der Waals surface area contributed by atoms with Crippen LogP contribution in [0.3, 0.4) is 0 Å². The highest BCUT2D eigenvalue weighted by molar-refractivity contribution is 7.89. The minimum absolute atomic E-state index is 0.0397. The molecule has 1 aromatic heterocycles. The van der Waals surface area contributed by atoms with Crippen molar-refractivity contribution in [2.24, 2.45) is 7.05 Å².